The van der Waals surface area contributed by atoms with Gasteiger partial charge in [0, 0.05) is 57.1 Å². The first-order chi connectivity index (χ1) is 14.8. The Kier molecular flexibility index (Phi) is 3.65. The summed E-state index contributed by atoms with van der Waals surface area (Å²) in [7, 11) is 0. The number of aromatic amines is 2. The number of nitrogens with two attached hydrogens (primary N) is 1. The monoisotopic (exact) mass is 409 g/mol. The number of hydrogen-bond acceptors (Lipinski definition) is 6. The Bertz CT molecular complexity index is 1510. The second-order valence-electron chi connectivity index (χ2n) is 7.01. The predicted molar refractivity (Wildman–Crippen MR) is 120 cm³/mol. The maximum Gasteiger partial charge on any atom is 0.181 e. The Labute approximate surface area is 174 Å². The number of H-pyrrole nitrogens is 2. The van der Waals surface area contributed by atoms with Crippen molar-refractivity contribution in [2.45, 2.75) is 0 Å². The van der Waals surface area contributed by atoms with Crippen LogP contribution in [0.1, 0.15) is 0 Å². The molecule has 7 nitrogen and oxygen atoms in total. The number of nitrogens with one attached hydrogen (secondary N) is 2. The van der Waals surface area contributed by atoms with E-state index in [1.165, 1.54) is 4.88 Å². The minimum absolute atomic E-state index is 0.615. The van der Waals surface area contributed by atoms with E-state index in [4.69, 9.17) is 5.73 Å². The first-order valence-corrected chi connectivity index (χ1v) is 10.2. The van der Waals surface area contributed by atoms with Crippen molar-refractivity contribution in [2.24, 2.45) is 0 Å². The molecule has 30 heavy (non-hydrogen) atoms. The quantitative estimate of drug-likeness (QED) is 0.386. The molecule has 0 unspecified atom stereocenters. The van der Waals surface area contributed by atoms with Crippen LogP contribution >= 0.6 is 11.3 Å². The molecule has 6 heterocycles. The van der Waals surface area contributed by atoms with E-state index in [0.29, 0.717) is 11.3 Å². The first-order valence-electron chi connectivity index (χ1n) is 9.32. The molecule has 0 atom stereocenters. The largest absolute Gasteiger partial charge is 0.397 e. The molecule has 6 aromatic heterocycles. The summed E-state index contributed by atoms with van der Waals surface area (Å²) < 4.78 is 0. The molecule has 0 aliphatic carbocycles. The molecule has 8 heteroatoms. The number of rotatable bonds is 3. The van der Waals surface area contributed by atoms with Crippen LogP contribution in [0.15, 0.2) is 66.7 Å². The molecule has 4 N–H and O–H groups in total. The fourth-order valence-electron chi connectivity index (χ4n) is 3.69. The van der Waals surface area contributed by atoms with Gasteiger partial charge in [0.05, 0.1) is 28.8 Å². The first kappa shape index (κ1) is 16.9. The zero-order valence-corrected chi connectivity index (χ0v) is 16.4. The summed E-state index contributed by atoms with van der Waals surface area (Å²) in [5.41, 5.74) is 12.9. The van der Waals surface area contributed by atoms with E-state index in [1.807, 2.05) is 24.5 Å². The number of pyridine rings is 3. The van der Waals surface area contributed by atoms with Crippen molar-refractivity contribution in [2.75, 3.05) is 5.73 Å². The number of anilines is 1. The summed E-state index contributed by atoms with van der Waals surface area (Å²) in [6.07, 6.45) is 8.94. The number of aromatic nitrogens is 6. The van der Waals surface area contributed by atoms with E-state index in [0.717, 1.165) is 44.4 Å². The van der Waals surface area contributed by atoms with E-state index < -0.39 is 0 Å². The molecule has 0 spiro atoms. The van der Waals surface area contributed by atoms with Crippen LogP contribution in [-0.2, 0) is 0 Å². The van der Waals surface area contributed by atoms with Crippen LogP contribution in [0.2, 0.25) is 0 Å². The van der Waals surface area contributed by atoms with Gasteiger partial charge in [-0.25, -0.2) is 4.98 Å². The van der Waals surface area contributed by atoms with Gasteiger partial charge in [0.1, 0.15) is 0 Å². The zero-order chi connectivity index (χ0) is 20.1. The van der Waals surface area contributed by atoms with Gasteiger partial charge in [-0.1, -0.05) is 6.07 Å². The van der Waals surface area contributed by atoms with Crippen LogP contribution in [0, 0.1) is 0 Å². The molecular formula is C22H15N7S. The SMILES string of the molecule is Nc1cncc(-c2cnc3n[nH]c(-c4cc5c(-c6cccs6)cncc5[nH]4)c3c2)c1. The summed E-state index contributed by atoms with van der Waals surface area (Å²) in [4.78, 5) is 17.8. The molecule has 144 valence electrons. The lowest BCUT2D eigenvalue weighted by molar-refractivity contribution is 1.10. The lowest BCUT2D eigenvalue weighted by Gasteiger charge is -2.02. The van der Waals surface area contributed by atoms with Gasteiger partial charge >= 0.3 is 0 Å². The van der Waals surface area contributed by atoms with Crippen LogP contribution < -0.4 is 5.73 Å². The van der Waals surface area contributed by atoms with Crippen molar-refractivity contribution >= 4 is 39.0 Å². The third-order valence-electron chi connectivity index (χ3n) is 5.10. The summed E-state index contributed by atoms with van der Waals surface area (Å²) in [6, 6.07) is 10.2. The van der Waals surface area contributed by atoms with Gasteiger partial charge in [-0.05, 0) is 29.6 Å². The van der Waals surface area contributed by atoms with Crippen molar-refractivity contribution in [1.29, 1.82) is 0 Å². The fourth-order valence-corrected chi connectivity index (χ4v) is 4.44. The van der Waals surface area contributed by atoms with Gasteiger partial charge in [-0.2, -0.15) is 5.10 Å². The highest BCUT2D eigenvalue weighted by Crippen LogP contribution is 2.35. The maximum atomic E-state index is 5.90. The number of hydrogen-bond donors (Lipinski definition) is 3. The topological polar surface area (TPSA) is 109 Å². The normalized spacial score (nSPS) is 11.5. The Balaban J connectivity index is 1.52. The molecule has 0 radical (unpaired) electrons. The molecule has 0 amide bonds. The number of thiophene rings is 1. The van der Waals surface area contributed by atoms with Gasteiger partial charge in [-0.15, -0.1) is 11.3 Å². The van der Waals surface area contributed by atoms with Crippen molar-refractivity contribution in [3.05, 3.63) is 66.7 Å². The fraction of sp³-hybridized carbons (Fsp3) is 0. The lowest BCUT2D eigenvalue weighted by Crippen LogP contribution is -1.88. The molecule has 6 rings (SSSR count). The van der Waals surface area contributed by atoms with Crippen molar-refractivity contribution < 1.29 is 0 Å². The highest BCUT2D eigenvalue weighted by Gasteiger charge is 2.15. The van der Waals surface area contributed by atoms with Crippen molar-refractivity contribution in [3.63, 3.8) is 0 Å². The summed E-state index contributed by atoms with van der Waals surface area (Å²) in [5, 5.41) is 11.6. The highest BCUT2D eigenvalue weighted by atomic mass is 32.1. The lowest BCUT2D eigenvalue weighted by atomic mass is 10.1. The Morgan fingerprint density at radius 2 is 1.80 bits per heavy atom. The summed E-state index contributed by atoms with van der Waals surface area (Å²) in [6.45, 7) is 0. The van der Waals surface area contributed by atoms with Crippen LogP contribution in [0.4, 0.5) is 5.69 Å². The third kappa shape index (κ3) is 2.66. The van der Waals surface area contributed by atoms with Crippen molar-refractivity contribution in [1.82, 2.24) is 30.1 Å². The Morgan fingerprint density at radius 1 is 0.900 bits per heavy atom. The molecule has 0 saturated carbocycles. The standard InChI is InChI=1S/C22H15N7S/c23-14-4-12(7-24-9-14)13-5-16-21(28-29-22(16)26-8-13)18-6-15-17(20-2-1-3-30-20)10-25-11-19(15)27-18/h1-11,27H,23H2,(H,26,28,29). The Morgan fingerprint density at radius 3 is 2.67 bits per heavy atom. The van der Waals surface area contributed by atoms with Crippen molar-refractivity contribution in [3.8, 4) is 33.0 Å². The smallest absolute Gasteiger partial charge is 0.181 e. The van der Waals surface area contributed by atoms with E-state index in [2.05, 4.69) is 53.7 Å². The zero-order valence-electron chi connectivity index (χ0n) is 15.6. The van der Waals surface area contributed by atoms with Gasteiger partial charge in [0.2, 0.25) is 0 Å². The maximum absolute atomic E-state index is 5.90. The van der Waals surface area contributed by atoms with Gasteiger partial charge in [0.25, 0.3) is 0 Å². The van der Waals surface area contributed by atoms with Gasteiger partial charge < -0.3 is 10.7 Å². The van der Waals surface area contributed by atoms with Crippen LogP contribution in [0.25, 0.3) is 54.9 Å². The Hall–Kier alpha value is -4.04. The second-order valence-corrected chi connectivity index (χ2v) is 7.96. The highest BCUT2D eigenvalue weighted by molar-refractivity contribution is 7.13. The third-order valence-corrected chi connectivity index (χ3v) is 6.01. The van der Waals surface area contributed by atoms with Gasteiger partial charge in [-0.3, -0.25) is 15.1 Å². The average molecular weight is 409 g/mol. The van der Waals surface area contributed by atoms with E-state index >= 15 is 0 Å². The van der Waals surface area contributed by atoms with Gasteiger partial charge in [0.15, 0.2) is 5.65 Å². The minimum Gasteiger partial charge on any atom is -0.397 e. The van der Waals surface area contributed by atoms with E-state index in [1.54, 1.807) is 29.9 Å². The molecule has 0 bridgehead atoms. The summed E-state index contributed by atoms with van der Waals surface area (Å²) >= 11 is 1.70. The molecule has 0 fully saturated rings. The second kappa shape index (κ2) is 6.50. The molecular weight excluding hydrogens is 394 g/mol. The number of nitrogen functional groups attached to an aromatic ring is 1. The predicted octanol–water partition coefficient (Wildman–Crippen LogP) is 4.87. The molecule has 6 aromatic rings. The van der Waals surface area contributed by atoms with Crippen LogP contribution in [-0.4, -0.2) is 30.1 Å². The summed E-state index contributed by atoms with van der Waals surface area (Å²) in [5.74, 6) is 0. The average Bonchev–Trinajstić information content (AvgIpc) is 3.51. The van der Waals surface area contributed by atoms with Crippen LogP contribution in [0.5, 0.6) is 0 Å². The number of fused-ring (bicyclic) bond motifs is 2. The molecule has 0 saturated heterocycles. The molecule has 0 aliphatic rings. The number of nitrogens with zero attached hydrogens (tertiary/aromatic N) is 4. The molecule has 0 aliphatic heterocycles. The van der Waals surface area contributed by atoms with Crippen LogP contribution in [0.3, 0.4) is 0 Å². The minimum atomic E-state index is 0.615. The van der Waals surface area contributed by atoms with E-state index in [9.17, 15) is 0 Å². The molecule has 0 aromatic carbocycles. The van der Waals surface area contributed by atoms with E-state index in [-0.39, 0.29) is 0 Å².